The summed E-state index contributed by atoms with van der Waals surface area (Å²) in [6, 6.07) is 14.7. The summed E-state index contributed by atoms with van der Waals surface area (Å²) in [6.45, 7) is 1.12. The molecule has 2 aromatic carbocycles. The van der Waals surface area contributed by atoms with Crippen molar-refractivity contribution >= 4 is 31.6 Å². The van der Waals surface area contributed by atoms with Crippen LogP contribution in [-0.4, -0.2) is 70.8 Å². The number of amides is 1. The first-order valence-corrected chi connectivity index (χ1v) is 15.0. The van der Waals surface area contributed by atoms with E-state index in [0.717, 1.165) is 16.8 Å². The number of piperidine rings is 1. The molecule has 10 heteroatoms. The van der Waals surface area contributed by atoms with Crippen LogP contribution in [0.5, 0.6) is 0 Å². The van der Waals surface area contributed by atoms with Crippen LogP contribution >= 0.6 is 0 Å². The highest BCUT2D eigenvalue weighted by atomic mass is 32.2. The zero-order valence-corrected chi connectivity index (χ0v) is 21.9. The third-order valence-electron chi connectivity index (χ3n) is 6.83. The summed E-state index contributed by atoms with van der Waals surface area (Å²) in [5.41, 5.74) is 2.65. The maximum Gasteiger partial charge on any atom is 0.242 e. The number of hydrogen-bond acceptors (Lipinski definition) is 5. The first kappa shape index (κ1) is 25.8. The van der Waals surface area contributed by atoms with Gasteiger partial charge in [-0.1, -0.05) is 30.3 Å². The van der Waals surface area contributed by atoms with Gasteiger partial charge in [0, 0.05) is 39.4 Å². The van der Waals surface area contributed by atoms with Crippen LogP contribution in [-0.2, 0) is 37.7 Å². The number of carbonyl (C=O) groups excluding carboxylic acids is 1. The van der Waals surface area contributed by atoms with Gasteiger partial charge < -0.3 is 4.90 Å². The fourth-order valence-electron chi connectivity index (χ4n) is 4.83. The van der Waals surface area contributed by atoms with Crippen molar-refractivity contribution < 1.29 is 21.6 Å². The molecule has 2 aliphatic heterocycles. The van der Waals surface area contributed by atoms with Gasteiger partial charge in [0.2, 0.25) is 26.0 Å². The third-order valence-corrected chi connectivity index (χ3v) is 10.6. The number of aryl methyl sites for hydroxylation is 1. The van der Waals surface area contributed by atoms with Gasteiger partial charge in [0.25, 0.3) is 0 Å². The molecule has 2 aromatic rings. The molecule has 2 aliphatic rings. The molecule has 1 fully saturated rings. The molecular formula is C25H33N3O5S2. The van der Waals surface area contributed by atoms with Crippen LogP contribution in [0.3, 0.4) is 0 Å². The molecule has 190 valence electrons. The Kier molecular flexibility index (Phi) is 7.65. The lowest BCUT2D eigenvalue weighted by Crippen LogP contribution is -2.47. The molecule has 0 unspecified atom stereocenters. The minimum atomic E-state index is -3.55. The number of anilines is 1. The summed E-state index contributed by atoms with van der Waals surface area (Å²) in [5.74, 6) is -0.418. The number of hydrogen-bond donors (Lipinski definition) is 0. The topological polar surface area (TPSA) is 95.1 Å². The van der Waals surface area contributed by atoms with E-state index in [9.17, 15) is 21.6 Å². The van der Waals surface area contributed by atoms with Crippen molar-refractivity contribution in [2.75, 3.05) is 44.4 Å². The minimum Gasteiger partial charge on any atom is -0.312 e. The first-order valence-electron chi connectivity index (χ1n) is 12.0. The zero-order valence-electron chi connectivity index (χ0n) is 20.3. The van der Waals surface area contributed by atoms with Gasteiger partial charge in [-0.2, -0.15) is 0 Å². The van der Waals surface area contributed by atoms with Crippen LogP contribution in [0.25, 0.3) is 0 Å². The van der Waals surface area contributed by atoms with Crippen LogP contribution in [0.15, 0.2) is 53.4 Å². The summed E-state index contributed by atoms with van der Waals surface area (Å²) in [4.78, 5) is 15.3. The Morgan fingerprint density at radius 2 is 1.77 bits per heavy atom. The monoisotopic (exact) mass is 519 g/mol. The van der Waals surface area contributed by atoms with Crippen LogP contribution in [0.4, 0.5) is 5.69 Å². The number of sulfonamides is 2. The van der Waals surface area contributed by atoms with Gasteiger partial charge in [0.05, 0.1) is 16.6 Å². The standard InChI is InChI=1S/C25H33N3O5S2/c1-26(2)35(32,33)23-12-13-24-21(18-23)14-16-28(24)25(29)22-11-6-15-27(19-22)34(30,31)17-7-10-20-8-4-3-5-9-20/h3-5,8-9,12-13,18,22H,6-7,10-11,14-17,19H2,1-2H3/t22-/m1/s1. The minimum absolute atomic E-state index is 0.0679. The molecule has 1 amide bonds. The Morgan fingerprint density at radius 3 is 2.49 bits per heavy atom. The molecule has 2 heterocycles. The van der Waals surface area contributed by atoms with Gasteiger partial charge >= 0.3 is 0 Å². The fraction of sp³-hybridized carbons (Fsp3) is 0.480. The summed E-state index contributed by atoms with van der Waals surface area (Å²) >= 11 is 0. The van der Waals surface area contributed by atoms with Crippen molar-refractivity contribution in [1.82, 2.24) is 8.61 Å². The Bertz CT molecular complexity index is 1280. The van der Waals surface area contributed by atoms with Crippen molar-refractivity contribution in [1.29, 1.82) is 0 Å². The van der Waals surface area contributed by atoms with Crippen molar-refractivity contribution in [3.63, 3.8) is 0 Å². The van der Waals surface area contributed by atoms with Crippen molar-refractivity contribution in [2.45, 2.75) is 37.0 Å². The second kappa shape index (κ2) is 10.4. The predicted molar refractivity (Wildman–Crippen MR) is 136 cm³/mol. The zero-order chi connectivity index (χ0) is 25.2. The smallest absolute Gasteiger partial charge is 0.242 e. The molecule has 4 rings (SSSR count). The van der Waals surface area contributed by atoms with E-state index < -0.39 is 26.0 Å². The lowest BCUT2D eigenvalue weighted by atomic mass is 9.98. The average molecular weight is 520 g/mol. The highest BCUT2D eigenvalue weighted by molar-refractivity contribution is 7.89. The quantitative estimate of drug-likeness (QED) is 0.534. The van der Waals surface area contributed by atoms with E-state index >= 15 is 0 Å². The van der Waals surface area contributed by atoms with Crippen LogP contribution < -0.4 is 4.90 Å². The Morgan fingerprint density at radius 1 is 1.03 bits per heavy atom. The maximum absolute atomic E-state index is 13.4. The molecule has 0 bridgehead atoms. The number of nitrogens with zero attached hydrogens (tertiary/aromatic N) is 3. The fourth-order valence-corrected chi connectivity index (χ4v) is 7.36. The Labute approximate surface area is 208 Å². The van der Waals surface area contributed by atoms with E-state index in [0.29, 0.717) is 45.2 Å². The van der Waals surface area contributed by atoms with Crippen molar-refractivity contribution in [3.8, 4) is 0 Å². The van der Waals surface area contributed by atoms with E-state index in [4.69, 9.17) is 0 Å². The normalized spacial score (nSPS) is 19.2. The second-order valence-electron chi connectivity index (χ2n) is 9.42. The number of rotatable bonds is 8. The van der Waals surface area contributed by atoms with Crippen molar-refractivity contribution in [3.05, 3.63) is 59.7 Å². The van der Waals surface area contributed by atoms with E-state index in [1.165, 1.54) is 28.8 Å². The molecule has 0 radical (unpaired) electrons. The molecule has 35 heavy (non-hydrogen) atoms. The summed E-state index contributed by atoms with van der Waals surface area (Å²) in [5, 5.41) is 0. The van der Waals surface area contributed by atoms with Gasteiger partial charge in [0.15, 0.2) is 0 Å². The highest BCUT2D eigenvalue weighted by Crippen LogP contribution is 2.33. The lowest BCUT2D eigenvalue weighted by molar-refractivity contribution is -0.123. The lowest BCUT2D eigenvalue weighted by Gasteiger charge is -2.33. The molecule has 0 saturated carbocycles. The third kappa shape index (κ3) is 5.61. The first-order chi connectivity index (χ1) is 16.6. The molecule has 8 nitrogen and oxygen atoms in total. The number of fused-ring (bicyclic) bond motifs is 1. The summed E-state index contributed by atoms with van der Waals surface area (Å²) in [6.07, 6.45) is 3.11. The van der Waals surface area contributed by atoms with Gasteiger partial charge in [-0.3, -0.25) is 4.79 Å². The predicted octanol–water partition coefficient (Wildman–Crippen LogP) is 2.50. The van der Waals surface area contributed by atoms with Crippen LogP contribution in [0, 0.1) is 5.92 Å². The Hall–Kier alpha value is -2.27. The van der Waals surface area contributed by atoms with E-state index in [2.05, 4.69) is 0 Å². The summed E-state index contributed by atoms with van der Waals surface area (Å²) < 4.78 is 53.6. The molecule has 0 aromatic heterocycles. The van der Waals surface area contributed by atoms with E-state index in [1.807, 2.05) is 30.3 Å². The molecule has 0 aliphatic carbocycles. The maximum atomic E-state index is 13.4. The van der Waals surface area contributed by atoms with E-state index in [1.54, 1.807) is 17.0 Å². The molecule has 1 atom stereocenters. The van der Waals surface area contributed by atoms with Gasteiger partial charge in [-0.25, -0.2) is 25.4 Å². The van der Waals surface area contributed by atoms with E-state index in [-0.39, 0.29) is 23.1 Å². The Balaban J connectivity index is 1.41. The molecular weight excluding hydrogens is 486 g/mol. The van der Waals surface area contributed by atoms with Gasteiger partial charge in [-0.15, -0.1) is 0 Å². The molecule has 1 saturated heterocycles. The number of carbonyl (C=O) groups is 1. The average Bonchev–Trinajstić information content (AvgIpc) is 3.27. The van der Waals surface area contributed by atoms with Gasteiger partial charge in [-0.05, 0) is 61.4 Å². The summed E-state index contributed by atoms with van der Waals surface area (Å²) in [7, 11) is -4.01. The van der Waals surface area contributed by atoms with Crippen LogP contribution in [0.2, 0.25) is 0 Å². The second-order valence-corrected chi connectivity index (χ2v) is 13.7. The SMILES string of the molecule is CN(C)S(=O)(=O)c1ccc2c(c1)CCN2C(=O)[C@@H]1CCCN(S(=O)(=O)CCCc2ccccc2)C1. The van der Waals surface area contributed by atoms with Crippen molar-refractivity contribution in [2.24, 2.45) is 5.92 Å². The highest BCUT2D eigenvalue weighted by Gasteiger charge is 2.36. The van der Waals surface area contributed by atoms with Gasteiger partial charge in [0.1, 0.15) is 0 Å². The van der Waals surface area contributed by atoms with Crippen LogP contribution in [0.1, 0.15) is 30.4 Å². The molecule has 0 spiro atoms. The molecule has 0 N–H and O–H groups in total. The largest absolute Gasteiger partial charge is 0.312 e. The number of benzene rings is 2.